The van der Waals surface area contributed by atoms with E-state index in [1.54, 1.807) is 25.4 Å². The second kappa shape index (κ2) is 7.47. The van der Waals surface area contributed by atoms with Crippen molar-refractivity contribution in [3.63, 3.8) is 0 Å². The van der Waals surface area contributed by atoms with E-state index in [0.717, 1.165) is 31.3 Å². The standard InChI is InChI=1S/C18H22ClN3O2/c1-24-12-18(6-9-20-10-7-18)11-22-17(23)14-4-5-15(19)13-3-2-8-21-16(13)14/h2-5,8,20H,6-7,9-12H2,1H3,(H,22,23). The Morgan fingerprint density at radius 2 is 2.17 bits per heavy atom. The maximum atomic E-state index is 12.7. The van der Waals surface area contributed by atoms with Crippen LogP contribution in [0.25, 0.3) is 10.9 Å². The lowest BCUT2D eigenvalue weighted by atomic mass is 9.79. The second-order valence-corrected chi connectivity index (χ2v) is 6.77. The first-order chi connectivity index (χ1) is 11.7. The lowest BCUT2D eigenvalue weighted by Gasteiger charge is -2.37. The lowest BCUT2D eigenvalue weighted by Crippen LogP contribution is -2.47. The predicted octanol–water partition coefficient (Wildman–Crippen LogP) is 2.63. The number of rotatable bonds is 5. The largest absolute Gasteiger partial charge is 0.384 e. The van der Waals surface area contributed by atoms with Crippen LogP contribution in [0.15, 0.2) is 30.5 Å². The number of nitrogens with one attached hydrogen (secondary N) is 2. The summed E-state index contributed by atoms with van der Waals surface area (Å²) < 4.78 is 5.40. The molecule has 0 saturated carbocycles. The Morgan fingerprint density at radius 1 is 1.38 bits per heavy atom. The van der Waals surface area contributed by atoms with Crippen molar-refractivity contribution in [1.29, 1.82) is 0 Å². The molecule has 128 valence electrons. The molecule has 0 bridgehead atoms. The topological polar surface area (TPSA) is 63.2 Å². The summed E-state index contributed by atoms with van der Waals surface area (Å²) in [7, 11) is 1.71. The number of hydrogen-bond donors (Lipinski definition) is 2. The highest BCUT2D eigenvalue weighted by Crippen LogP contribution is 2.29. The number of hydrogen-bond acceptors (Lipinski definition) is 4. The number of ether oxygens (including phenoxy) is 1. The van der Waals surface area contributed by atoms with Crippen LogP contribution < -0.4 is 10.6 Å². The summed E-state index contributed by atoms with van der Waals surface area (Å²) in [4.78, 5) is 17.0. The van der Waals surface area contributed by atoms with Crippen LogP contribution in [-0.4, -0.2) is 44.2 Å². The van der Waals surface area contributed by atoms with E-state index in [1.807, 2.05) is 12.1 Å². The van der Waals surface area contributed by atoms with Gasteiger partial charge in [0.25, 0.3) is 5.91 Å². The molecule has 0 atom stereocenters. The number of aromatic nitrogens is 1. The van der Waals surface area contributed by atoms with Crippen molar-refractivity contribution in [2.75, 3.05) is 33.4 Å². The molecule has 3 rings (SSSR count). The van der Waals surface area contributed by atoms with Crippen molar-refractivity contribution in [2.24, 2.45) is 5.41 Å². The van der Waals surface area contributed by atoms with E-state index in [1.165, 1.54) is 0 Å². The molecule has 1 fully saturated rings. The van der Waals surface area contributed by atoms with E-state index in [-0.39, 0.29) is 11.3 Å². The Balaban J connectivity index is 1.79. The number of amides is 1. The summed E-state index contributed by atoms with van der Waals surface area (Å²) in [5.74, 6) is -0.121. The first-order valence-corrected chi connectivity index (χ1v) is 8.54. The third-order valence-corrected chi connectivity index (χ3v) is 5.03. The summed E-state index contributed by atoms with van der Waals surface area (Å²) in [6, 6.07) is 7.17. The molecule has 1 aromatic heterocycles. The predicted molar refractivity (Wildman–Crippen MR) is 95.5 cm³/mol. The number of methoxy groups -OCH3 is 1. The van der Waals surface area contributed by atoms with Crippen LogP contribution in [0.1, 0.15) is 23.2 Å². The number of fused-ring (bicyclic) bond motifs is 1. The molecule has 1 aliphatic heterocycles. The summed E-state index contributed by atoms with van der Waals surface area (Å²) in [5, 5.41) is 7.82. The van der Waals surface area contributed by atoms with Gasteiger partial charge in [0.1, 0.15) is 0 Å². The van der Waals surface area contributed by atoms with E-state index in [9.17, 15) is 4.79 Å². The van der Waals surface area contributed by atoms with Crippen LogP contribution in [0, 0.1) is 5.41 Å². The molecule has 0 spiro atoms. The lowest BCUT2D eigenvalue weighted by molar-refractivity contribution is 0.0512. The smallest absolute Gasteiger partial charge is 0.253 e. The molecule has 24 heavy (non-hydrogen) atoms. The maximum absolute atomic E-state index is 12.7. The van der Waals surface area contributed by atoms with Gasteiger partial charge < -0.3 is 15.4 Å². The number of nitrogens with zero attached hydrogens (tertiary/aromatic N) is 1. The highest BCUT2D eigenvalue weighted by atomic mass is 35.5. The van der Waals surface area contributed by atoms with E-state index < -0.39 is 0 Å². The highest BCUT2D eigenvalue weighted by molar-refractivity contribution is 6.36. The van der Waals surface area contributed by atoms with Gasteiger partial charge in [0.15, 0.2) is 0 Å². The maximum Gasteiger partial charge on any atom is 0.253 e. The van der Waals surface area contributed by atoms with Crippen molar-refractivity contribution >= 4 is 28.4 Å². The first kappa shape index (κ1) is 17.1. The fraction of sp³-hybridized carbons (Fsp3) is 0.444. The Bertz CT molecular complexity index is 724. The molecule has 1 aromatic carbocycles. The SMILES string of the molecule is COCC1(CNC(=O)c2ccc(Cl)c3cccnc23)CCNCC1. The van der Waals surface area contributed by atoms with Crippen LogP contribution in [-0.2, 0) is 4.74 Å². The number of carbonyl (C=O) groups excluding carboxylic acids is 1. The summed E-state index contributed by atoms with van der Waals surface area (Å²) in [5.41, 5.74) is 1.18. The minimum atomic E-state index is -0.121. The first-order valence-electron chi connectivity index (χ1n) is 8.16. The van der Waals surface area contributed by atoms with Gasteiger partial charge in [0.05, 0.1) is 22.7 Å². The van der Waals surface area contributed by atoms with Crippen molar-refractivity contribution in [3.05, 3.63) is 41.0 Å². The minimum Gasteiger partial charge on any atom is -0.384 e. The average Bonchev–Trinajstić information content (AvgIpc) is 2.61. The molecular weight excluding hydrogens is 326 g/mol. The number of benzene rings is 1. The van der Waals surface area contributed by atoms with Crippen LogP contribution in [0.4, 0.5) is 0 Å². The Morgan fingerprint density at radius 3 is 2.92 bits per heavy atom. The Labute approximate surface area is 146 Å². The molecular formula is C18H22ClN3O2. The van der Waals surface area contributed by atoms with Gasteiger partial charge >= 0.3 is 0 Å². The van der Waals surface area contributed by atoms with Crippen molar-refractivity contribution < 1.29 is 9.53 Å². The van der Waals surface area contributed by atoms with E-state index in [2.05, 4.69) is 15.6 Å². The Hall–Kier alpha value is -1.69. The zero-order valence-corrected chi connectivity index (χ0v) is 14.5. The van der Waals surface area contributed by atoms with Crippen molar-refractivity contribution in [3.8, 4) is 0 Å². The van der Waals surface area contributed by atoms with Gasteiger partial charge in [0, 0.05) is 30.7 Å². The van der Waals surface area contributed by atoms with Gasteiger partial charge in [-0.05, 0) is 50.2 Å². The zero-order chi connectivity index (χ0) is 17.0. The summed E-state index contributed by atoms with van der Waals surface area (Å²) >= 11 is 6.20. The van der Waals surface area contributed by atoms with Gasteiger partial charge in [-0.3, -0.25) is 9.78 Å². The number of pyridine rings is 1. The molecule has 0 unspecified atom stereocenters. The van der Waals surface area contributed by atoms with E-state index in [4.69, 9.17) is 16.3 Å². The number of carbonyl (C=O) groups is 1. The van der Waals surface area contributed by atoms with E-state index >= 15 is 0 Å². The Kier molecular flexibility index (Phi) is 5.33. The van der Waals surface area contributed by atoms with Crippen LogP contribution in [0.2, 0.25) is 5.02 Å². The van der Waals surface area contributed by atoms with Crippen LogP contribution >= 0.6 is 11.6 Å². The average molecular weight is 348 g/mol. The fourth-order valence-electron chi connectivity index (χ4n) is 3.32. The molecule has 0 radical (unpaired) electrons. The van der Waals surface area contributed by atoms with Crippen LogP contribution in [0.3, 0.4) is 0 Å². The van der Waals surface area contributed by atoms with Crippen molar-refractivity contribution in [2.45, 2.75) is 12.8 Å². The normalized spacial score (nSPS) is 16.9. The van der Waals surface area contributed by atoms with Gasteiger partial charge in [-0.2, -0.15) is 0 Å². The molecule has 0 aliphatic carbocycles. The molecule has 2 N–H and O–H groups in total. The molecule has 5 nitrogen and oxygen atoms in total. The monoisotopic (exact) mass is 347 g/mol. The zero-order valence-electron chi connectivity index (χ0n) is 13.8. The van der Waals surface area contributed by atoms with Gasteiger partial charge in [-0.15, -0.1) is 0 Å². The molecule has 2 aromatic rings. The molecule has 1 saturated heterocycles. The highest BCUT2D eigenvalue weighted by Gasteiger charge is 2.32. The second-order valence-electron chi connectivity index (χ2n) is 6.36. The summed E-state index contributed by atoms with van der Waals surface area (Å²) in [6.07, 6.45) is 3.65. The quantitative estimate of drug-likeness (QED) is 0.872. The van der Waals surface area contributed by atoms with Gasteiger partial charge in [0.2, 0.25) is 0 Å². The van der Waals surface area contributed by atoms with Crippen molar-refractivity contribution in [1.82, 2.24) is 15.6 Å². The molecule has 6 heteroatoms. The number of piperidine rings is 1. The third-order valence-electron chi connectivity index (χ3n) is 4.70. The van der Waals surface area contributed by atoms with Gasteiger partial charge in [-0.25, -0.2) is 0 Å². The van der Waals surface area contributed by atoms with Crippen LogP contribution in [0.5, 0.6) is 0 Å². The summed E-state index contributed by atoms with van der Waals surface area (Å²) in [6.45, 7) is 3.14. The van der Waals surface area contributed by atoms with E-state index in [0.29, 0.717) is 29.3 Å². The molecule has 2 heterocycles. The number of halogens is 1. The third kappa shape index (κ3) is 3.53. The molecule has 1 aliphatic rings. The van der Waals surface area contributed by atoms with Gasteiger partial charge in [-0.1, -0.05) is 11.6 Å². The fourth-order valence-corrected chi connectivity index (χ4v) is 3.54. The minimum absolute atomic E-state index is 0.00861. The molecule has 1 amide bonds.